The lowest BCUT2D eigenvalue weighted by atomic mass is 10.1. The fourth-order valence-electron chi connectivity index (χ4n) is 2.65. The molecule has 0 aromatic rings. The Morgan fingerprint density at radius 1 is 1.33 bits per heavy atom. The van der Waals surface area contributed by atoms with E-state index in [0.29, 0.717) is 18.6 Å². The van der Waals surface area contributed by atoms with Crippen molar-refractivity contribution in [1.82, 2.24) is 15.1 Å². The highest BCUT2D eigenvalue weighted by Gasteiger charge is 2.29. The molecule has 1 amide bonds. The number of carbonyl (C=O) groups excluding carboxylic acids is 1. The van der Waals surface area contributed by atoms with Gasteiger partial charge in [-0.05, 0) is 45.7 Å². The minimum absolute atomic E-state index is 0.239. The van der Waals surface area contributed by atoms with Crippen molar-refractivity contribution in [1.29, 1.82) is 0 Å². The van der Waals surface area contributed by atoms with Gasteiger partial charge >= 0.3 is 0 Å². The molecule has 1 atom stereocenters. The van der Waals surface area contributed by atoms with Gasteiger partial charge in [-0.15, -0.1) is 0 Å². The molecule has 1 heterocycles. The largest absolute Gasteiger partial charge is 0.342 e. The first-order valence-corrected chi connectivity index (χ1v) is 7.38. The number of rotatable bonds is 6. The van der Waals surface area contributed by atoms with Gasteiger partial charge in [-0.3, -0.25) is 4.79 Å². The maximum absolute atomic E-state index is 11.9. The van der Waals surface area contributed by atoms with E-state index in [1.807, 2.05) is 11.9 Å². The Kier molecular flexibility index (Phi) is 5.01. The predicted octanol–water partition coefficient (Wildman–Crippen LogP) is 1.07. The Morgan fingerprint density at radius 2 is 2.00 bits per heavy atom. The van der Waals surface area contributed by atoms with E-state index in [9.17, 15) is 4.79 Å². The van der Waals surface area contributed by atoms with Crippen molar-refractivity contribution >= 4 is 5.91 Å². The normalized spacial score (nSPS) is 22.8. The molecule has 1 unspecified atom stereocenters. The molecule has 1 aliphatic heterocycles. The van der Waals surface area contributed by atoms with Gasteiger partial charge < -0.3 is 15.1 Å². The lowest BCUT2D eigenvalue weighted by Crippen LogP contribution is -2.45. The van der Waals surface area contributed by atoms with E-state index >= 15 is 0 Å². The quantitative estimate of drug-likeness (QED) is 0.769. The van der Waals surface area contributed by atoms with Crippen LogP contribution in [-0.4, -0.2) is 61.0 Å². The number of hydrogen-bond donors (Lipinski definition) is 1. The molecule has 0 aromatic carbocycles. The Labute approximate surface area is 111 Å². The highest BCUT2D eigenvalue weighted by atomic mass is 16.2. The molecule has 1 saturated carbocycles. The van der Waals surface area contributed by atoms with Crippen LogP contribution in [0.5, 0.6) is 0 Å². The molecule has 0 bridgehead atoms. The molecule has 4 nitrogen and oxygen atoms in total. The number of nitrogens with zero attached hydrogens (tertiary/aromatic N) is 2. The average Bonchev–Trinajstić information content (AvgIpc) is 3.20. The molecule has 4 heteroatoms. The molecule has 0 spiro atoms. The van der Waals surface area contributed by atoms with Crippen molar-refractivity contribution in [2.45, 2.75) is 51.1 Å². The summed E-state index contributed by atoms with van der Waals surface area (Å²) in [5.74, 6) is 0.239. The van der Waals surface area contributed by atoms with Gasteiger partial charge in [-0.1, -0.05) is 6.42 Å². The van der Waals surface area contributed by atoms with Crippen molar-refractivity contribution in [2.24, 2.45) is 0 Å². The maximum Gasteiger partial charge on any atom is 0.236 e. The third-order valence-electron chi connectivity index (χ3n) is 4.07. The number of amides is 1. The molecule has 18 heavy (non-hydrogen) atoms. The van der Waals surface area contributed by atoms with Crippen LogP contribution in [0.4, 0.5) is 0 Å². The lowest BCUT2D eigenvalue weighted by Gasteiger charge is -2.29. The van der Waals surface area contributed by atoms with Crippen LogP contribution < -0.4 is 5.32 Å². The van der Waals surface area contributed by atoms with Crippen LogP contribution >= 0.6 is 0 Å². The summed E-state index contributed by atoms with van der Waals surface area (Å²) in [5.41, 5.74) is 0. The van der Waals surface area contributed by atoms with Crippen LogP contribution in [0.3, 0.4) is 0 Å². The van der Waals surface area contributed by atoms with Crippen molar-refractivity contribution in [3.8, 4) is 0 Å². The van der Waals surface area contributed by atoms with Gasteiger partial charge in [0, 0.05) is 25.7 Å². The Balaban J connectivity index is 1.61. The van der Waals surface area contributed by atoms with Gasteiger partial charge in [-0.25, -0.2) is 0 Å². The van der Waals surface area contributed by atoms with Crippen molar-refractivity contribution < 1.29 is 4.79 Å². The summed E-state index contributed by atoms with van der Waals surface area (Å²) >= 11 is 0. The molecule has 104 valence electrons. The summed E-state index contributed by atoms with van der Waals surface area (Å²) in [5, 5.41) is 3.36. The summed E-state index contributed by atoms with van der Waals surface area (Å²) in [4.78, 5) is 16.3. The molecule has 0 radical (unpaired) electrons. The standard InChI is InChI=1S/C14H27N3O/c1-12(11-17-8-4-3-5-9-17)15-10-14(18)16(2)13-6-7-13/h12-13,15H,3-11H2,1-2H3. The number of likely N-dealkylation sites (tertiary alicyclic amines) is 1. The summed E-state index contributed by atoms with van der Waals surface area (Å²) < 4.78 is 0. The van der Waals surface area contributed by atoms with Crippen LogP contribution in [0, 0.1) is 0 Å². The minimum atomic E-state index is 0.239. The van der Waals surface area contributed by atoms with E-state index < -0.39 is 0 Å². The van der Waals surface area contributed by atoms with Crippen LogP contribution in [-0.2, 0) is 4.79 Å². The first-order valence-electron chi connectivity index (χ1n) is 7.38. The Morgan fingerprint density at radius 3 is 2.61 bits per heavy atom. The molecular formula is C14H27N3O. The van der Waals surface area contributed by atoms with Crippen molar-refractivity contribution in [3.63, 3.8) is 0 Å². The van der Waals surface area contributed by atoms with E-state index in [-0.39, 0.29) is 5.91 Å². The number of carbonyl (C=O) groups is 1. The van der Waals surface area contributed by atoms with E-state index in [2.05, 4.69) is 17.1 Å². The number of hydrogen-bond acceptors (Lipinski definition) is 3. The smallest absolute Gasteiger partial charge is 0.236 e. The van der Waals surface area contributed by atoms with Crippen LogP contribution in [0.15, 0.2) is 0 Å². The Hall–Kier alpha value is -0.610. The summed E-state index contributed by atoms with van der Waals surface area (Å²) in [6.07, 6.45) is 6.41. The first kappa shape index (κ1) is 13.8. The van der Waals surface area contributed by atoms with E-state index in [0.717, 1.165) is 6.54 Å². The van der Waals surface area contributed by atoms with E-state index in [4.69, 9.17) is 0 Å². The summed E-state index contributed by atoms with van der Waals surface area (Å²) in [6.45, 7) is 6.19. The molecule has 1 N–H and O–H groups in total. The summed E-state index contributed by atoms with van der Waals surface area (Å²) in [7, 11) is 1.93. The zero-order valence-electron chi connectivity index (χ0n) is 11.8. The second-order valence-corrected chi connectivity index (χ2v) is 5.88. The van der Waals surface area contributed by atoms with Gasteiger partial charge in [0.15, 0.2) is 0 Å². The predicted molar refractivity (Wildman–Crippen MR) is 73.5 cm³/mol. The number of nitrogens with one attached hydrogen (secondary N) is 1. The topological polar surface area (TPSA) is 35.6 Å². The minimum Gasteiger partial charge on any atom is -0.342 e. The molecule has 1 aliphatic carbocycles. The molecule has 1 saturated heterocycles. The summed E-state index contributed by atoms with van der Waals surface area (Å²) in [6, 6.07) is 0.927. The van der Waals surface area contributed by atoms with Crippen LogP contribution in [0.2, 0.25) is 0 Å². The SMILES string of the molecule is CC(CN1CCCCC1)NCC(=O)N(C)C1CC1. The van der Waals surface area contributed by atoms with Crippen LogP contribution in [0.25, 0.3) is 0 Å². The van der Waals surface area contributed by atoms with Gasteiger partial charge in [-0.2, -0.15) is 0 Å². The lowest BCUT2D eigenvalue weighted by molar-refractivity contribution is -0.129. The second-order valence-electron chi connectivity index (χ2n) is 5.88. The van der Waals surface area contributed by atoms with Crippen molar-refractivity contribution in [3.05, 3.63) is 0 Å². The molecular weight excluding hydrogens is 226 g/mol. The fourth-order valence-corrected chi connectivity index (χ4v) is 2.65. The van der Waals surface area contributed by atoms with E-state index in [1.54, 1.807) is 0 Å². The molecule has 2 rings (SSSR count). The van der Waals surface area contributed by atoms with Crippen LogP contribution in [0.1, 0.15) is 39.0 Å². The number of likely N-dealkylation sites (N-methyl/N-ethyl adjacent to an activating group) is 1. The van der Waals surface area contributed by atoms with E-state index in [1.165, 1.54) is 45.2 Å². The van der Waals surface area contributed by atoms with Gasteiger partial charge in [0.25, 0.3) is 0 Å². The number of piperidine rings is 1. The van der Waals surface area contributed by atoms with Gasteiger partial charge in [0.1, 0.15) is 0 Å². The Bertz CT molecular complexity index is 272. The molecule has 2 fully saturated rings. The van der Waals surface area contributed by atoms with Crippen molar-refractivity contribution in [2.75, 3.05) is 33.2 Å². The molecule has 2 aliphatic rings. The molecule has 0 aromatic heterocycles. The van der Waals surface area contributed by atoms with Gasteiger partial charge in [0.2, 0.25) is 5.91 Å². The fraction of sp³-hybridized carbons (Fsp3) is 0.929. The van der Waals surface area contributed by atoms with Gasteiger partial charge in [0.05, 0.1) is 6.54 Å². The average molecular weight is 253 g/mol. The maximum atomic E-state index is 11.9. The third-order valence-corrected chi connectivity index (χ3v) is 4.07. The third kappa shape index (κ3) is 4.25. The first-order chi connectivity index (χ1) is 8.66. The highest BCUT2D eigenvalue weighted by molar-refractivity contribution is 5.78. The zero-order chi connectivity index (χ0) is 13.0. The zero-order valence-corrected chi connectivity index (χ0v) is 11.8. The monoisotopic (exact) mass is 253 g/mol. The second kappa shape index (κ2) is 6.53. The highest BCUT2D eigenvalue weighted by Crippen LogP contribution is 2.25.